The first kappa shape index (κ1) is 18.8. The molecule has 0 unspecified atom stereocenters. The summed E-state index contributed by atoms with van der Waals surface area (Å²) < 4.78 is 5.46. The van der Waals surface area contributed by atoms with Crippen molar-refractivity contribution in [1.82, 2.24) is 9.88 Å². The number of aromatic nitrogens is 1. The summed E-state index contributed by atoms with van der Waals surface area (Å²) in [6.07, 6.45) is -0.212. The van der Waals surface area contributed by atoms with Crippen molar-refractivity contribution < 1.29 is 9.53 Å². The summed E-state index contributed by atoms with van der Waals surface area (Å²) in [7, 11) is 1.88. The second kappa shape index (κ2) is 6.53. The van der Waals surface area contributed by atoms with Crippen molar-refractivity contribution in [2.75, 3.05) is 43.4 Å². The van der Waals surface area contributed by atoms with Gasteiger partial charge in [-0.2, -0.15) is 0 Å². The molecule has 0 bridgehead atoms. The third-order valence-electron chi connectivity index (χ3n) is 4.67. The van der Waals surface area contributed by atoms with E-state index in [1.807, 2.05) is 39.3 Å². The van der Waals surface area contributed by atoms with E-state index in [9.17, 15) is 4.79 Å². The van der Waals surface area contributed by atoms with Gasteiger partial charge in [0.1, 0.15) is 16.3 Å². The van der Waals surface area contributed by atoms with Crippen LogP contribution in [-0.4, -0.2) is 54.8 Å². The van der Waals surface area contributed by atoms with Crippen molar-refractivity contribution in [2.24, 2.45) is 5.41 Å². The Morgan fingerprint density at radius 1 is 1.33 bits per heavy atom. The van der Waals surface area contributed by atoms with Gasteiger partial charge in [-0.15, -0.1) is 11.3 Å². The lowest BCUT2D eigenvalue weighted by atomic mass is 9.73. The number of amides is 1. The van der Waals surface area contributed by atoms with Crippen molar-refractivity contribution in [3.63, 3.8) is 0 Å². The summed E-state index contributed by atoms with van der Waals surface area (Å²) in [4.78, 5) is 22.1. The van der Waals surface area contributed by atoms with Gasteiger partial charge in [0.15, 0.2) is 5.13 Å². The minimum Gasteiger partial charge on any atom is -0.444 e. The maximum absolute atomic E-state index is 12.2. The average molecular weight is 427 g/mol. The zero-order chi connectivity index (χ0) is 19.4. The van der Waals surface area contributed by atoms with Crippen LogP contribution in [0.25, 0.3) is 10.6 Å². The summed E-state index contributed by atoms with van der Waals surface area (Å²) >= 11 is 9.38. The van der Waals surface area contributed by atoms with Crippen LogP contribution in [0.5, 0.6) is 0 Å². The minimum absolute atomic E-state index is 0.186. The van der Waals surface area contributed by atoms with Crippen LogP contribution in [0.15, 0.2) is 11.4 Å². The number of thiazole rings is 1. The molecule has 6 nitrogen and oxygen atoms in total. The second-order valence-electron chi connectivity index (χ2n) is 8.24. The number of hydrogen-bond donors (Lipinski definition) is 1. The topological polar surface area (TPSA) is 57.7 Å². The highest BCUT2D eigenvalue weighted by Crippen LogP contribution is 2.48. The molecule has 0 radical (unpaired) electrons. The number of likely N-dealkylation sites (tertiary alicyclic amines) is 1. The van der Waals surface area contributed by atoms with Crippen LogP contribution in [0, 0.1) is 5.41 Å². The van der Waals surface area contributed by atoms with Gasteiger partial charge < -0.3 is 19.9 Å². The SMILES string of the molecule is CNc1nc(-c2cc(Cl)cs2)c(N2CC3(CN(C(=O)OC(C)(C)C)C3)C2)s1. The molecule has 0 atom stereocenters. The number of rotatable bonds is 3. The lowest BCUT2D eigenvalue weighted by Crippen LogP contribution is -2.73. The highest BCUT2D eigenvalue weighted by atomic mass is 35.5. The molecule has 146 valence electrons. The quantitative estimate of drug-likeness (QED) is 0.775. The fraction of sp³-hybridized carbons (Fsp3) is 0.556. The number of carbonyl (C=O) groups excluding carboxylic acids is 1. The summed E-state index contributed by atoms with van der Waals surface area (Å²) in [5.74, 6) is 0. The van der Waals surface area contributed by atoms with Crippen LogP contribution >= 0.6 is 34.3 Å². The Labute approximate surface area is 172 Å². The van der Waals surface area contributed by atoms with Crippen LogP contribution in [0.4, 0.5) is 14.9 Å². The van der Waals surface area contributed by atoms with Crippen LogP contribution in [0.1, 0.15) is 20.8 Å². The van der Waals surface area contributed by atoms with Crippen molar-refractivity contribution in [3.8, 4) is 10.6 Å². The van der Waals surface area contributed by atoms with Gasteiger partial charge in [0, 0.05) is 44.0 Å². The second-order valence-corrected chi connectivity index (χ2v) is 10.6. The van der Waals surface area contributed by atoms with Crippen LogP contribution < -0.4 is 10.2 Å². The molecule has 4 rings (SSSR count). The fourth-order valence-corrected chi connectivity index (χ4v) is 5.62. The number of nitrogens with one attached hydrogen (secondary N) is 1. The van der Waals surface area contributed by atoms with Gasteiger partial charge in [-0.05, 0) is 26.8 Å². The third kappa shape index (κ3) is 3.62. The first-order valence-electron chi connectivity index (χ1n) is 8.84. The average Bonchev–Trinajstić information content (AvgIpc) is 3.08. The van der Waals surface area contributed by atoms with E-state index in [1.165, 1.54) is 5.00 Å². The molecule has 2 fully saturated rings. The fourth-order valence-electron chi connectivity index (χ4n) is 3.56. The highest BCUT2D eigenvalue weighted by Gasteiger charge is 2.54. The number of carbonyl (C=O) groups is 1. The molecule has 4 heterocycles. The van der Waals surface area contributed by atoms with Crippen molar-refractivity contribution in [1.29, 1.82) is 0 Å². The van der Waals surface area contributed by atoms with Gasteiger partial charge in [-0.1, -0.05) is 22.9 Å². The summed E-state index contributed by atoms with van der Waals surface area (Å²) in [5.41, 5.74) is 0.721. The first-order valence-corrected chi connectivity index (χ1v) is 10.9. The highest BCUT2D eigenvalue weighted by molar-refractivity contribution is 7.21. The first-order chi connectivity index (χ1) is 12.7. The summed E-state index contributed by atoms with van der Waals surface area (Å²) in [6.45, 7) is 9.08. The van der Waals surface area contributed by atoms with E-state index in [-0.39, 0.29) is 11.5 Å². The van der Waals surface area contributed by atoms with E-state index in [0.717, 1.165) is 46.9 Å². The molecule has 1 N–H and O–H groups in total. The summed E-state index contributed by atoms with van der Waals surface area (Å²) in [5, 5.41) is 7.88. The van der Waals surface area contributed by atoms with Crippen LogP contribution in [0.2, 0.25) is 5.02 Å². The minimum atomic E-state index is -0.450. The van der Waals surface area contributed by atoms with Gasteiger partial charge in [0.05, 0.1) is 9.90 Å². The standard InChI is InChI=1S/C18H23ClN4O2S2/c1-17(2,3)25-16(24)23-9-18(10-23)7-22(8-18)14-13(21-15(20-4)27-14)12-5-11(19)6-26-12/h5-6H,7-10H2,1-4H3,(H,20,21). The maximum atomic E-state index is 12.2. The molecule has 27 heavy (non-hydrogen) atoms. The van der Waals surface area contributed by atoms with Gasteiger partial charge in [0.2, 0.25) is 0 Å². The number of thiophene rings is 1. The van der Waals surface area contributed by atoms with E-state index < -0.39 is 5.60 Å². The predicted octanol–water partition coefficient (Wildman–Crippen LogP) is 4.62. The molecule has 1 spiro atoms. The molecule has 2 aliphatic heterocycles. The van der Waals surface area contributed by atoms with Crippen molar-refractivity contribution in [2.45, 2.75) is 26.4 Å². The van der Waals surface area contributed by atoms with Crippen molar-refractivity contribution >= 4 is 50.5 Å². The Kier molecular flexibility index (Phi) is 4.56. The predicted molar refractivity (Wildman–Crippen MR) is 112 cm³/mol. The number of ether oxygens (including phenoxy) is 1. The zero-order valence-electron chi connectivity index (χ0n) is 15.8. The molecule has 2 aliphatic rings. The number of halogens is 1. The van der Waals surface area contributed by atoms with E-state index in [1.54, 1.807) is 27.6 Å². The molecular weight excluding hydrogens is 404 g/mol. The molecule has 2 saturated heterocycles. The Bertz CT molecular complexity index is 859. The Balaban J connectivity index is 1.42. The number of nitrogens with zero attached hydrogens (tertiary/aromatic N) is 3. The molecule has 0 saturated carbocycles. The number of hydrogen-bond acceptors (Lipinski definition) is 7. The molecule has 1 amide bonds. The van der Waals surface area contributed by atoms with Gasteiger partial charge in [-0.3, -0.25) is 0 Å². The van der Waals surface area contributed by atoms with Gasteiger partial charge >= 0.3 is 6.09 Å². The molecule has 2 aromatic heterocycles. The Morgan fingerprint density at radius 3 is 2.59 bits per heavy atom. The largest absolute Gasteiger partial charge is 0.444 e. The summed E-state index contributed by atoms with van der Waals surface area (Å²) in [6, 6.07) is 1.97. The zero-order valence-corrected chi connectivity index (χ0v) is 18.2. The lowest BCUT2D eigenvalue weighted by Gasteiger charge is -2.60. The molecule has 9 heteroatoms. The van der Waals surface area contributed by atoms with E-state index >= 15 is 0 Å². The Morgan fingerprint density at radius 2 is 2.04 bits per heavy atom. The normalized spacial score (nSPS) is 18.3. The van der Waals surface area contributed by atoms with Crippen LogP contribution in [0.3, 0.4) is 0 Å². The maximum Gasteiger partial charge on any atom is 0.410 e. The lowest BCUT2D eigenvalue weighted by molar-refractivity contribution is -0.0451. The van der Waals surface area contributed by atoms with E-state index in [2.05, 4.69) is 10.2 Å². The Hall–Kier alpha value is -1.51. The smallest absolute Gasteiger partial charge is 0.410 e. The molecule has 0 aliphatic carbocycles. The molecular formula is C18H23ClN4O2S2. The van der Waals surface area contributed by atoms with E-state index in [0.29, 0.717) is 0 Å². The number of anilines is 2. The van der Waals surface area contributed by atoms with E-state index in [4.69, 9.17) is 21.3 Å². The molecule has 0 aromatic carbocycles. The van der Waals surface area contributed by atoms with Crippen molar-refractivity contribution in [3.05, 3.63) is 16.5 Å². The van der Waals surface area contributed by atoms with Gasteiger partial charge in [-0.25, -0.2) is 9.78 Å². The molecule has 2 aromatic rings. The third-order valence-corrected chi connectivity index (χ3v) is 7.09. The monoisotopic (exact) mass is 426 g/mol. The van der Waals surface area contributed by atoms with Crippen LogP contribution in [-0.2, 0) is 4.74 Å². The van der Waals surface area contributed by atoms with Gasteiger partial charge in [0.25, 0.3) is 0 Å².